The van der Waals surface area contributed by atoms with Crippen molar-refractivity contribution in [3.63, 3.8) is 0 Å². The van der Waals surface area contributed by atoms with Gasteiger partial charge in [-0.15, -0.1) is 11.8 Å². The van der Waals surface area contributed by atoms with E-state index in [4.69, 9.17) is 0 Å². The molecule has 1 atom stereocenters. The van der Waals surface area contributed by atoms with Gasteiger partial charge in [0.1, 0.15) is 5.37 Å². The number of amides is 2. The molecule has 3 aromatic carbocycles. The van der Waals surface area contributed by atoms with E-state index in [1.807, 2.05) is 35.2 Å². The Kier molecular flexibility index (Phi) is 8.36. The molecule has 2 heterocycles. The van der Waals surface area contributed by atoms with Crippen LogP contribution >= 0.6 is 11.8 Å². The van der Waals surface area contributed by atoms with Crippen LogP contribution in [0.1, 0.15) is 38.2 Å². The highest BCUT2D eigenvalue weighted by Crippen LogP contribution is 2.38. The number of hydrogen-bond donors (Lipinski definition) is 2. The lowest BCUT2D eigenvalue weighted by molar-refractivity contribution is -0.128. The molecule has 1 aliphatic heterocycles. The predicted octanol–water partition coefficient (Wildman–Crippen LogP) is 4.96. The van der Waals surface area contributed by atoms with Gasteiger partial charge in [-0.2, -0.15) is 0 Å². The van der Waals surface area contributed by atoms with Gasteiger partial charge in [-0.25, -0.2) is 23.1 Å². The van der Waals surface area contributed by atoms with Gasteiger partial charge in [-0.05, 0) is 73.9 Å². The fraction of sp³-hybridized carbons (Fsp3) is 0.200. The number of sulfonamides is 1. The summed E-state index contributed by atoms with van der Waals surface area (Å²) in [6, 6.07) is 24.9. The van der Waals surface area contributed by atoms with E-state index in [2.05, 4.69) is 32.1 Å². The number of anilines is 2. The van der Waals surface area contributed by atoms with E-state index < -0.39 is 10.0 Å². The van der Waals surface area contributed by atoms with Crippen molar-refractivity contribution in [2.75, 3.05) is 22.3 Å². The van der Waals surface area contributed by atoms with Gasteiger partial charge in [0.05, 0.1) is 10.6 Å². The van der Waals surface area contributed by atoms with Gasteiger partial charge < -0.3 is 10.2 Å². The second kappa shape index (κ2) is 12.1. The van der Waals surface area contributed by atoms with Gasteiger partial charge in [0, 0.05) is 29.2 Å². The van der Waals surface area contributed by atoms with Crippen LogP contribution in [0.15, 0.2) is 89.8 Å². The molecule has 1 fully saturated rings. The summed E-state index contributed by atoms with van der Waals surface area (Å²) in [5, 5.41) is 2.70. The Balaban J connectivity index is 1.21. The SMILES string of the molecule is Cc1cc(C)nc(NS(=O)(=O)c2ccc(NC(=O)c3ccc([C@H]4SCC(=O)N4CCc4ccccc4)cc3)cc2)n1. The standard InChI is InChI=1S/C30H29N5O4S2/c1-20-18-21(2)32-30(31-20)34-41(38,39)26-14-12-25(13-15-26)33-28(37)23-8-10-24(11-9-23)29-35(27(36)19-40-29)17-16-22-6-4-3-5-7-22/h3-15,18,29H,16-17,19H2,1-2H3,(H,33,37)(H,31,32,34)/t29-/m1/s1. The molecule has 9 nitrogen and oxygen atoms in total. The molecule has 5 rings (SSSR count). The maximum absolute atomic E-state index is 12.9. The summed E-state index contributed by atoms with van der Waals surface area (Å²) in [6.45, 7) is 4.14. The van der Waals surface area contributed by atoms with E-state index in [0.29, 0.717) is 34.9 Å². The summed E-state index contributed by atoms with van der Waals surface area (Å²) in [7, 11) is -3.90. The van der Waals surface area contributed by atoms with Gasteiger partial charge >= 0.3 is 0 Å². The summed E-state index contributed by atoms with van der Waals surface area (Å²) >= 11 is 1.58. The Bertz CT molecular complexity index is 1640. The van der Waals surface area contributed by atoms with E-state index in [0.717, 1.165) is 12.0 Å². The fourth-order valence-electron chi connectivity index (χ4n) is 4.54. The third kappa shape index (κ3) is 6.93. The van der Waals surface area contributed by atoms with Crippen molar-refractivity contribution < 1.29 is 18.0 Å². The van der Waals surface area contributed by atoms with Crippen LogP contribution < -0.4 is 10.0 Å². The van der Waals surface area contributed by atoms with E-state index in [-0.39, 0.29) is 28.0 Å². The lowest BCUT2D eigenvalue weighted by Crippen LogP contribution is -2.30. The molecule has 41 heavy (non-hydrogen) atoms. The number of nitrogens with zero attached hydrogens (tertiary/aromatic N) is 3. The van der Waals surface area contributed by atoms with Crippen LogP contribution in [0.2, 0.25) is 0 Å². The number of aryl methyl sites for hydroxylation is 2. The van der Waals surface area contributed by atoms with Gasteiger partial charge in [0.15, 0.2) is 0 Å². The molecule has 2 amide bonds. The van der Waals surface area contributed by atoms with Crippen molar-refractivity contribution in [2.24, 2.45) is 0 Å². The van der Waals surface area contributed by atoms with E-state index in [1.165, 1.54) is 29.8 Å². The first-order valence-electron chi connectivity index (χ1n) is 13.0. The van der Waals surface area contributed by atoms with Crippen molar-refractivity contribution in [1.29, 1.82) is 0 Å². The quantitative estimate of drug-likeness (QED) is 0.284. The normalized spacial score (nSPS) is 15.1. The Labute approximate surface area is 243 Å². The highest BCUT2D eigenvalue weighted by molar-refractivity contribution is 8.00. The summed E-state index contributed by atoms with van der Waals surface area (Å²) in [4.78, 5) is 35.6. The van der Waals surface area contributed by atoms with Crippen molar-refractivity contribution in [1.82, 2.24) is 14.9 Å². The minimum Gasteiger partial charge on any atom is -0.326 e. The topological polar surface area (TPSA) is 121 Å². The minimum atomic E-state index is -3.90. The van der Waals surface area contributed by atoms with Gasteiger partial charge in [-0.1, -0.05) is 42.5 Å². The zero-order valence-corrected chi connectivity index (χ0v) is 24.2. The molecular weight excluding hydrogens is 558 g/mol. The van der Waals surface area contributed by atoms with Crippen LogP contribution in [0.4, 0.5) is 11.6 Å². The molecule has 2 N–H and O–H groups in total. The van der Waals surface area contributed by atoms with E-state index in [1.54, 1.807) is 43.8 Å². The summed E-state index contributed by atoms with van der Waals surface area (Å²) in [6.07, 6.45) is 0.777. The van der Waals surface area contributed by atoms with Crippen molar-refractivity contribution >= 4 is 45.2 Å². The van der Waals surface area contributed by atoms with Crippen LogP contribution in [0.3, 0.4) is 0 Å². The average molecular weight is 588 g/mol. The second-order valence-electron chi connectivity index (χ2n) is 9.67. The van der Waals surface area contributed by atoms with E-state index in [9.17, 15) is 18.0 Å². The highest BCUT2D eigenvalue weighted by Gasteiger charge is 2.32. The number of benzene rings is 3. The fourth-order valence-corrected chi connectivity index (χ4v) is 6.70. The number of carbonyl (C=O) groups excluding carboxylic acids is 2. The van der Waals surface area contributed by atoms with Crippen LogP contribution in [-0.2, 0) is 21.2 Å². The summed E-state index contributed by atoms with van der Waals surface area (Å²) in [5.74, 6) is 0.216. The molecule has 0 unspecified atom stereocenters. The molecule has 210 valence electrons. The number of nitrogens with one attached hydrogen (secondary N) is 2. The first kappa shape index (κ1) is 28.3. The maximum Gasteiger partial charge on any atom is 0.264 e. The summed E-state index contributed by atoms with van der Waals surface area (Å²) in [5.41, 5.74) is 4.34. The molecule has 0 saturated carbocycles. The lowest BCUT2D eigenvalue weighted by atomic mass is 10.1. The highest BCUT2D eigenvalue weighted by atomic mass is 32.2. The molecular formula is C30H29N5O4S2. The second-order valence-corrected chi connectivity index (χ2v) is 12.4. The molecule has 1 aliphatic rings. The Hall–Kier alpha value is -4.22. The number of aromatic nitrogens is 2. The molecule has 0 spiro atoms. The number of hydrogen-bond acceptors (Lipinski definition) is 7. The van der Waals surface area contributed by atoms with Crippen LogP contribution in [0.25, 0.3) is 0 Å². The number of rotatable bonds is 9. The Morgan fingerprint density at radius 1 is 0.951 bits per heavy atom. The Morgan fingerprint density at radius 2 is 1.61 bits per heavy atom. The maximum atomic E-state index is 12.9. The third-order valence-corrected chi connectivity index (χ3v) is 9.14. The van der Waals surface area contributed by atoms with Crippen LogP contribution in [0, 0.1) is 13.8 Å². The van der Waals surface area contributed by atoms with Crippen molar-refractivity contribution in [3.05, 3.63) is 113 Å². The van der Waals surface area contributed by atoms with Gasteiger partial charge in [0.25, 0.3) is 15.9 Å². The largest absolute Gasteiger partial charge is 0.326 e. The third-order valence-electron chi connectivity index (χ3n) is 6.54. The van der Waals surface area contributed by atoms with Crippen molar-refractivity contribution in [2.45, 2.75) is 30.5 Å². The average Bonchev–Trinajstić information content (AvgIpc) is 3.32. The monoisotopic (exact) mass is 587 g/mol. The van der Waals surface area contributed by atoms with Crippen molar-refractivity contribution in [3.8, 4) is 0 Å². The van der Waals surface area contributed by atoms with Crippen LogP contribution in [0.5, 0.6) is 0 Å². The Morgan fingerprint density at radius 3 is 2.27 bits per heavy atom. The minimum absolute atomic E-state index is 0.00279. The molecule has 1 aromatic heterocycles. The van der Waals surface area contributed by atoms with Gasteiger partial charge in [-0.3, -0.25) is 9.59 Å². The molecule has 0 radical (unpaired) electrons. The first-order valence-corrected chi connectivity index (χ1v) is 15.5. The molecule has 4 aromatic rings. The lowest BCUT2D eigenvalue weighted by Gasteiger charge is -2.24. The first-order chi connectivity index (χ1) is 19.7. The molecule has 11 heteroatoms. The van der Waals surface area contributed by atoms with Crippen LogP contribution in [-0.4, -0.2) is 47.4 Å². The zero-order chi connectivity index (χ0) is 29.0. The molecule has 0 aliphatic carbocycles. The number of thioether (sulfide) groups is 1. The summed E-state index contributed by atoms with van der Waals surface area (Å²) < 4.78 is 27.9. The molecule has 1 saturated heterocycles. The molecule has 0 bridgehead atoms. The van der Waals surface area contributed by atoms with E-state index >= 15 is 0 Å². The zero-order valence-electron chi connectivity index (χ0n) is 22.6. The van der Waals surface area contributed by atoms with Gasteiger partial charge in [0.2, 0.25) is 11.9 Å². The predicted molar refractivity (Wildman–Crippen MR) is 160 cm³/mol. The number of carbonyl (C=O) groups is 2. The smallest absolute Gasteiger partial charge is 0.264 e.